The van der Waals surface area contributed by atoms with E-state index in [9.17, 15) is 0 Å². The minimum Gasteiger partial charge on any atom is -0.349 e. The zero-order chi connectivity index (χ0) is 13.2. The maximum Gasteiger partial charge on any atom is 0.219 e. The fourth-order valence-corrected chi connectivity index (χ4v) is 6.96. The number of methoxy groups -OCH3 is 2. The largest absolute Gasteiger partial charge is 0.349 e. The zero-order valence-corrected chi connectivity index (χ0v) is 14.9. The zero-order valence-electron chi connectivity index (χ0n) is 8.74. The number of alkyl halides is 4. The molecule has 0 unspecified atom stereocenters. The van der Waals surface area contributed by atoms with Gasteiger partial charge in [0.05, 0.1) is 19.7 Å². The first kappa shape index (κ1) is 15.2. The molecular weight excluding hydrogens is 442 g/mol. The highest BCUT2D eigenvalue weighted by Gasteiger charge is 2.84. The van der Waals surface area contributed by atoms with E-state index >= 15 is 0 Å². The highest BCUT2D eigenvalue weighted by molar-refractivity contribution is 9.12. The minimum absolute atomic E-state index is 0.247. The molecule has 2 aliphatic rings. The molecule has 2 nitrogen and oxygen atoms in total. The van der Waals surface area contributed by atoms with E-state index in [2.05, 4.69) is 31.9 Å². The Morgan fingerprint density at radius 2 is 1.24 bits per heavy atom. The summed E-state index contributed by atoms with van der Waals surface area (Å²) in [5.74, 6) is -1.33. The predicted octanol–water partition coefficient (Wildman–Crippen LogP) is 4.17. The summed E-state index contributed by atoms with van der Waals surface area (Å²) in [5, 5.41) is 0.495. The summed E-state index contributed by atoms with van der Waals surface area (Å²) in [5.41, 5.74) is 0. The topological polar surface area (TPSA) is 18.5 Å². The highest BCUT2D eigenvalue weighted by atomic mass is 79.9. The van der Waals surface area contributed by atoms with E-state index in [1.54, 1.807) is 0 Å². The molecule has 4 atom stereocenters. The summed E-state index contributed by atoms with van der Waals surface area (Å²) in [7, 11) is 2.92. The molecule has 0 aromatic rings. The van der Waals surface area contributed by atoms with Crippen LogP contribution in [-0.2, 0) is 9.47 Å². The van der Waals surface area contributed by atoms with Crippen molar-refractivity contribution < 1.29 is 9.47 Å². The number of ether oxygens (including phenoxy) is 2. The molecule has 17 heavy (non-hydrogen) atoms. The first-order valence-electron chi connectivity index (χ1n) is 4.58. The maximum atomic E-state index is 6.61. The summed E-state index contributed by atoms with van der Waals surface area (Å²) < 4.78 is 10.9. The van der Waals surface area contributed by atoms with Crippen molar-refractivity contribution in [2.24, 2.45) is 0 Å². The van der Waals surface area contributed by atoms with Gasteiger partial charge in [0, 0.05) is 14.2 Å². The highest BCUT2D eigenvalue weighted by Crippen LogP contribution is 2.72. The van der Waals surface area contributed by atoms with Crippen molar-refractivity contribution in [1.29, 1.82) is 0 Å². The lowest BCUT2D eigenvalue weighted by Crippen LogP contribution is -2.57. The number of rotatable bonds is 2. The van der Waals surface area contributed by atoms with Gasteiger partial charge in [-0.05, 0) is 0 Å². The predicted molar refractivity (Wildman–Crippen MR) is 78.1 cm³/mol. The Morgan fingerprint density at radius 1 is 0.941 bits per heavy atom. The first-order chi connectivity index (χ1) is 7.75. The second-order valence-electron chi connectivity index (χ2n) is 3.88. The Hall–Kier alpha value is 1.78. The molecule has 0 N–H and O–H groups in total. The maximum absolute atomic E-state index is 6.61. The molecule has 2 bridgehead atoms. The van der Waals surface area contributed by atoms with Crippen LogP contribution in [0.3, 0.4) is 0 Å². The lowest BCUT2D eigenvalue weighted by atomic mass is 10.0. The van der Waals surface area contributed by atoms with E-state index in [1.807, 2.05) is 0 Å². The van der Waals surface area contributed by atoms with Gasteiger partial charge in [-0.2, -0.15) is 0 Å². The number of fused-ring (bicyclic) bond motifs is 2. The van der Waals surface area contributed by atoms with Crippen molar-refractivity contribution in [3.63, 3.8) is 0 Å². The summed E-state index contributed by atoms with van der Waals surface area (Å²) >= 11 is 32.6. The molecule has 2 rings (SSSR count). The molecule has 1 saturated carbocycles. The van der Waals surface area contributed by atoms with E-state index < -0.39 is 15.5 Å². The van der Waals surface area contributed by atoms with Crippen LogP contribution in [0.5, 0.6) is 0 Å². The normalized spacial score (nSPS) is 48.0. The molecule has 0 aliphatic heterocycles. The van der Waals surface area contributed by atoms with E-state index in [0.29, 0.717) is 0 Å². The van der Waals surface area contributed by atoms with Gasteiger partial charge in [-0.15, -0.1) is 23.2 Å². The second kappa shape index (κ2) is 4.39. The molecule has 2 aliphatic carbocycles. The van der Waals surface area contributed by atoms with Gasteiger partial charge < -0.3 is 9.47 Å². The smallest absolute Gasteiger partial charge is 0.219 e. The SMILES string of the molecule is COC1(OC)[C@@]2(Cl)C(Cl)=C(Cl)[C@]1(Cl)[C@H](Br)[C@@H]2Br. The monoisotopic (exact) mass is 446 g/mol. The molecule has 0 heterocycles. The standard InChI is InChI=1S/C9H8Br2Cl4O2/c1-16-9(17-2)7(14)3(10)4(11)8(9,15)6(13)5(7)12/h3-4H,1-2H3/t3-,4+,7-,8+. The van der Waals surface area contributed by atoms with E-state index in [1.165, 1.54) is 14.2 Å². The molecule has 0 radical (unpaired) electrons. The Balaban J connectivity index is 2.77. The van der Waals surface area contributed by atoms with Crippen LogP contribution in [-0.4, -0.2) is 39.4 Å². The molecule has 8 heteroatoms. The lowest BCUT2D eigenvalue weighted by molar-refractivity contribution is -0.215. The fourth-order valence-electron chi connectivity index (χ4n) is 2.56. The number of halogens is 6. The molecule has 0 saturated heterocycles. The van der Waals surface area contributed by atoms with Gasteiger partial charge in [0.2, 0.25) is 5.79 Å². The van der Waals surface area contributed by atoms with Gasteiger partial charge in [0.25, 0.3) is 0 Å². The number of hydrogen-bond donors (Lipinski definition) is 0. The van der Waals surface area contributed by atoms with E-state index in [0.717, 1.165) is 0 Å². The van der Waals surface area contributed by atoms with Crippen LogP contribution < -0.4 is 0 Å². The Bertz CT molecular complexity index is 368. The summed E-state index contributed by atoms with van der Waals surface area (Å²) in [6.45, 7) is 0. The van der Waals surface area contributed by atoms with Crippen molar-refractivity contribution in [2.45, 2.75) is 25.2 Å². The average molecular weight is 450 g/mol. The van der Waals surface area contributed by atoms with Gasteiger partial charge >= 0.3 is 0 Å². The third kappa shape index (κ3) is 1.33. The second-order valence-corrected chi connectivity index (χ2v) is 7.80. The van der Waals surface area contributed by atoms with Crippen molar-refractivity contribution in [2.75, 3.05) is 14.2 Å². The van der Waals surface area contributed by atoms with E-state index in [-0.39, 0.29) is 19.7 Å². The molecule has 0 amide bonds. The van der Waals surface area contributed by atoms with Gasteiger partial charge in [0.1, 0.15) is 0 Å². The summed E-state index contributed by atoms with van der Waals surface area (Å²) in [6.07, 6.45) is 0. The molecule has 0 aromatic heterocycles. The van der Waals surface area contributed by atoms with Crippen LogP contribution in [0.25, 0.3) is 0 Å². The third-order valence-electron chi connectivity index (χ3n) is 3.38. The quantitative estimate of drug-likeness (QED) is 0.465. The first-order valence-corrected chi connectivity index (χ1v) is 7.92. The van der Waals surface area contributed by atoms with Gasteiger partial charge in [0.15, 0.2) is 9.75 Å². The van der Waals surface area contributed by atoms with Crippen LogP contribution in [0.1, 0.15) is 0 Å². The Kier molecular flexibility index (Phi) is 3.92. The summed E-state index contributed by atoms with van der Waals surface area (Å²) in [6, 6.07) is 0. The van der Waals surface area contributed by atoms with Crippen LogP contribution in [0, 0.1) is 0 Å². The molecule has 98 valence electrons. The van der Waals surface area contributed by atoms with Gasteiger partial charge in [-0.1, -0.05) is 55.1 Å². The van der Waals surface area contributed by atoms with Crippen molar-refractivity contribution in [3.8, 4) is 0 Å². The van der Waals surface area contributed by atoms with Crippen LogP contribution in [0.15, 0.2) is 10.1 Å². The Labute approximate surface area is 136 Å². The van der Waals surface area contributed by atoms with E-state index in [4.69, 9.17) is 55.9 Å². The molecule has 0 spiro atoms. The summed E-state index contributed by atoms with van der Waals surface area (Å²) in [4.78, 5) is -2.93. The number of hydrogen-bond acceptors (Lipinski definition) is 2. The minimum atomic E-state index is -1.33. The molecular formula is C9H8Br2Cl4O2. The molecule has 0 aromatic carbocycles. The fraction of sp³-hybridized carbons (Fsp3) is 0.778. The van der Waals surface area contributed by atoms with Crippen LogP contribution in [0.2, 0.25) is 0 Å². The Morgan fingerprint density at radius 3 is 1.41 bits per heavy atom. The van der Waals surface area contributed by atoms with Gasteiger partial charge in [-0.3, -0.25) is 0 Å². The average Bonchev–Trinajstić information content (AvgIpc) is 2.54. The van der Waals surface area contributed by atoms with Crippen LogP contribution in [0.4, 0.5) is 0 Å². The third-order valence-corrected chi connectivity index (χ3v) is 9.66. The van der Waals surface area contributed by atoms with Gasteiger partial charge in [-0.25, -0.2) is 0 Å². The molecule has 1 fully saturated rings. The van der Waals surface area contributed by atoms with Crippen molar-refractivity contribution >= 4 is 78.3 Å². The lowest BCUT2D eigenvalue weighted by Gasteiger charge is -2.40. The van der Waals surface area contributed by atoms with Crippen molar-refractivity contribution in [3.05, 3.63) is 10.1 Å². The van der Waals surface area contributed by atoms with Crippen LogP contribution >= 0.6 is 78.3 Å². The van der Waals surface area contributed by atoms with Crippen molar-refractivity contribution in [1.82, 2.24) is 0 Å².